The van der Waals surface area contributed by atoms with Crippen molar-refractivity contribution in [2.45, 2.75) is 25.1 Å². The van der Waals surface area contributed by atoms with Crippen molar-refractivity contribution < 1.29 is 9.90 Å². The largest absolute Gasteiger partial charge is 0.396 e. The van der Waals surface area contributed by atoms with Gasteiger partial charge in [0.25, 0.3) is 5.91 Å². The Morgan fingerprint density at radius 1 is 1.26 bits per heavy atom. The third-order valence-corrected chi connectivity index (χ3v) is 4.25. The van der Waals surface area contributed by atoms with E-state index in [0.717, 1.165) is 24.8 Å². The molecule has 2 N–H and O–H groups in total. The molecule has 2 unspecified atom stereocenters. The van der Waals surface area contributed by atoms with E-state index >= 15 is 0 Å². The van der Waals surface area contributed by atoms with Crippen LogP contribution in [0.2, 0.25) is 0 Å². The number of hydrogen-bond donors (Lipinski definition) is 2. The Balaban J connectivity index is 1.86. The molecular weight excluding hydrogens is 262 g/mol. The van der Waals surface area contributed by atoms with Crippen LogP contribution in [0.15, 0.2) is 24.3 Å². The molecule has 0 aromatic heterocycles. The van der Waals surface area contributed by atoms with E-state index in [0.29, 0.717) is 29.8 Å². The number of alkyl halides is 1. The zero-order valence-electron chi connectivity index (χ0n) is 10.9. The number of amides is 1. The SMILES string of the molecule is O=C(NCC1CCCC1CO)c1ccc(CCl)cc1. The lowest BCUT2D eigenvalue weighted by Crippen LogP contribution is -2.31. The van der Waals surface area contributed by atoms with Crippen LogP contribution in [0.5, 0.6) is 0 Å². The Morgan fingerprint density at radius 3 is 2.58 bits per heavy atom. The van der Waals surface area contributed by atoms with Crippen molar-refractivity contribution in [3.05, 3.63) is 35.4 Å². The number of aliphatic hydroxyl groups is 1. The van der Waals surface area contributed by atoms with Crippen LogP contribution < -0.4 is 5.32 Å². The number of halogens is 1. The van der Waals surface area contributed by atoms with E-state index < -0.39 is 0 Å². The molecule has 0 radical (unpaired) electrons. The van der Waals surface area contributed by atoms with Gasteiger partial charge in [-0.15, -0.1) is 11.6 Å². The summed E-state index contributed by atoms with van der Waals surface area (Å²) in [5.41, 5.74) is 1.67. The summed E-state index contributed by atoms with van der Waals surface area (Å²) in [6.45, 7) is 0.881. The topological polar surface area (TPSA) is 49.3 Å². The fourth-order valence-corrected chi connectivity index (χ4v) is 2.87. The average molecular weight is 282 g/mol. The number of rotatable bonds is 5. The van der Waals surface area contributed by atoms with Gasteiger partial charge in [-0.1, -0.05) is 18.6 Å². The summed E-state index contributed by atoms with van der Waals surface area (Å²) in [7, 11) is 0. The van der Waals surface area contributed by atoms with Gasteiger partial charge in [0.05, 0.1) is 0 Å². The number of nitrogens with one attached hydrogen (secondary N) is 1. The quantitative estimate of drug-likeness (QED) is 0.815. The Labute approximate surface area is 119 Å². The average Bonchev–Trinajstić information content (AvgIpc) is 2.92. The summed E-state index contributed by atoms with van der Waals surface area (Å²) in [5, 5.41) is 12.2. The fraction of sp³-hybridized carbons (Fsp3) is 0.533. The maximum Gasteiger partial charge on any atom is 0.251 e. The predicted octanol–water partition coefficient (Wildman–Crippen LogP) is 2.56. The molecule has 0 heterocycles. The number of carbonyl (C=O) groups excluding carboxylic acids is 1. The van der Waals surface area contributed by atoms with Crippen molar-refractivity contribution >= 4 is 17.5 Å². The van der Waals surface area contributed by atoms with Crippen LogP contribution in [-0.4, -0.2) is 24.2 Å². The third-order valence-electron chi connectivity index (χ3n) is 3.95. The lowest BCUT2D eigenvalue weighted by molar-refractivity contribution is 0.0938. The summed E-state index contributed by atoms with van der Waals surface area (Å²) < 4.78 is 0. The van der Waals surface area contributed by atoms with Crippen LogP contribution in [0.4, 0.5) is 0 Å². The van der Waals surface area contributed by atoms with Crippen LogP contribution in [0, 0.1) is 11.8 Å². The minimum atomic E-state index is -0.0512. The molecular formula is C15H20ClNO2. The van der Waals surface area contributed by atoms with Crippen LogP contribution in [-0.2, 0) is 5.88 Å². The van der Waals surface area contributed by atoms with Gasteiger partial charge in [0, 0.05) is 24.6 Å². The molecule has 1 fully saturated rings. The van der Waals surface area contributed by atoms with Gasteiger partial charge >= 0.3 is 0 Å². The zero-order valence-corrected chi connectivity index (χ0v) is 11.7. The van der Waals surface area contributed by atoms with Crippen molar-refractivity contribution in [2.75, 3.05) is 13.2 Å². The van der Waals surface area contributed by atoms with Gasteiger partial charge in [0.15, 0.2) is 0 Å². The Hall–Kier alpha value is -1.06. The van der Waals surface area contributed by atoms with Gasteiger partial charge in [-0.05, 0) is 42.4 Å². The molecule has 4 heteroatoms. The summed E-state index contributed by atoms with van der Waals surface area (Å²) in [6.07, 6.45) is 3.31. The minimum Gasteiger partial charge on any atom is -0.396 e. The second kappa shape index (κ2) is 6.92. The highest BCUT2D eigenvalue weighted by Crippen LogP contribution is 2.30. The highest BCUT2D eigenvalue weighted by atomic mass is 35.5. The van der Waals surface area contributed by atoms with E-state index in [9.17, 15) is 9.90 Å². The maximum atomic E-state index is 12.0. The molecule has 0 spiro atoms. The maximum absolute atomic E-state index is 12.0. The molecule has 0 bridgehead atoms. The van der Waals surface area contributed by atoms with Gasteiger partial charge in [0.1, 0.15) is 0 Å². The molecule has 0 aliphatic heterocycles. The summed E-state index contributed by atoms with van der Waals surface area (Å²) in [5.74, 6) is 1.17. The van der Waals surface area contributed by atoms with Crippen LogP contribution in [0.3, 0.4) is 0 Å². The highest BCUT2D eigenvalue weighted by Gasteiger charge is 2.26. The van der Waals surface area contributed by atoms with Gasteiger partial charge in [-0.2, -0.15) is 0 Å². The second-order valence-electron chi connectivity index (χ2n) is 5.17. The van der Waals surface area contributed by atoms with Crippen molar-refractivity contribution in [3.63, 3.8) is 0 Å². The molecule has 1 aliphatic rings. The van der Waals surface area contributed by atoms with E-state index in [-0.39, 0.29) is 12.5 Å². The molecule has 1 amide bonds. The first kappa shape index (κ1) is 14.4. The second-order valence-corrected chi connectivity index (χ2v) is 5.44. The molecule has 1 aromatic rings. The lowest BCUT2D eigenvalue weighted by atomic mass is 9.97. The third kappa shape index (κ3) is 3.71. The molecule has 1 aromatic carbocycles. The summed E-state index contributed by atoms with van der Waals surface area (Å²) >= 11 is 5.71. The van der Waals surface area contributed by atoms with Crippen molar-refractivity contribution in [1.29, 1.82) is 0 Å². The van der Waals surface area contributed by atoms with E-state index in [1.165, 1.54) is 0 Å². The van der Waals surface area contributed by atoms with Crippen LogP contribution in [0.1, 0.15) is 35.2 Å². The predicted molar refractivity (Wildman–Crippen MR) is 76.2 cm³/mol. The minimum absolute atomic E-state index is 0.0512. The fourth-order valence-electron chi connectivity index (χ4n) is 2.69. The first-order valence-corrected chi connectivity index (χ1v) is 7.32. The van der Waals surface area contributed by atoms with Gasteiger partial charge < -0.3 is 10.4 Å². The van der Waals surface area contributed by atoms with Crippen molar-refractivity contribution in [3.8, 4) is 0 Å². The monoisotopic (exact) mass is 281 g/mol. The van der Waals surface area contributed by atoms with Crippen LogP contribution in [0.25, 0.3) is 0 Å². The molecule has 2 atom stereocenters. The first-order valence-electron chi connectivity index (χ1n) is 6.78. The molecule has 19 heavy (non-hydrogen) atoms. The lowest BCUT2D eigenvalue weighted by Gasteiger charge is -2.17. The number of aliphatic hydroxyl groups excluding tert-OH is 1. The number of carbonyl (C=O) groups is 1. The molecule has 104 valence electrons. The Bertz CT molecular complexity index is 419. The first-order chi connectivity index (χ1) is 9.24. The molecule has 1 aliphatic carbocycles. The van der Waals surface area contributed by atoms with E-state index in [4.69, 9.17) is 11.6 Å². The molecule has 1 saturated carbocycles. The number of benzene rings is 1. The molecule has 2 rings (SSSR count). The van der Waals surface area contributed by atoms with E-state index in [1.807, 2.05) is 12.1 Å². The van der Waals surface area contributed by atoms with Crippen LogP contribution >= 0.6 is 11.6 Å². The van der Waals surface area contributed by atoms with Crippen molar-refractivity contribution in [2.24, 2.45) is 11.8 Å². The van der Waals surface area contributed by atoms with Gasteiger partial charge in [-0.25, -0.2) is 0 Å². The molecule has 3 nitrogen and oxygen atoms in total. The summed E-state index contributed by atoms with van der Waals surface area (Å²) in [4.78, 5) is 12.0. The van der Waals surface area contributed by atoms with E-state index in [2.05, 4.69) is 5.32 Å². The Morgan fingerprint density at radius 2 is 1.95 bits per heavy atom. The van der Waals surface area contributed by atoms with Gasteiger partial charge in [-0.3, -0.25) is 4.79 Å². The van der Waals surface area contributed by atoms with Gasteiger partial charge in [0.2, 0.25) is 0 Å². The Kier molecular flexibility index (Phi) is 5.23. The smallest absolute Gasteiger partial charge is 0.251 e. The normalized spacial score (nSPS) is 22.4. The van der Waals surface area contributed by atoms with E-state index in [1.54, 1.807) is 12.1 Å². The highest BCUT2D eigenvalue weighted by molar-refractivity contribution is 6.17. The standard InChI is InChI=1S/C15H20ClNO2/c16-8-11-4-6-12(7-5-11)15(19)17-9-13-2-1-3-14(13)10-18/h4-7,13-14,18H,1-3,8-10H2,(H,17,19). The molecule has 0 saturated heterocycles. The summed E-state index contributed by atoms with van der Waals surface area (Å²) in [6, 6.07) is 7.33. The van der Waals surface area contributed by atoms with Crippen molar-refractivity contribution in [1.82, 2.24) is 5.32 Å². The number of hydrogen-bond acceptors (Lipinski definition) is 2. The zero-order chi connectivity index (χ0) is 13.7.